The van der Waals surface area contributed by atoms with Crippen molar-refractivity contribution >= 4 is 62.1 Å². The van der Waals surface area contributed by atoms with Crippen LogP contribution < -0.4 is 4.90 Å². The molecule has 0 N–H and O–H groups in total. The summed E-state index contributed by atoms with van der Waals surface area (Å²) >= 11 is 0. The van der Waals surface area contributed by atoms with Crippen molar-refractivity contribution in [3.63, 3.8) is 0 Å². The Morgan fingerprint density at radius 2 is 1.50 bits per heavy atom. The van der Waals surface area contributed by atoms with Crippen LogP contribution in [-0.4, -0.2) is 16.3 Å². The number of para-hydroxylation sites is 3. The largest absolute Gasteiger partial charge is 0.335 e. The number of fused-ring (bicyclic) bond motifs is 9. The summed E-state index contributed by atoms with van der Waals surface area (Å²) in [6.45, 7) is 21.6. The highest BCUT2D eigenvalue weighted by Gasteiger charge is 2.36. The van der Waals surface area contributed by atoms with Crippen LogP contribution in [0.3, 0.4) is 0 Å². The average molecular weight is 725 g/mol. The third kappa shape index (κ3) is 5.13. The average Bonchev–Trinajstić information content (AvgIpc) is 3.69. The molecule has 2 aromatic heterocycles. The van der Waals surface area contributed by atoms with Crippen molar-refractivity contribution in [3.05, 3.63) is 181 Å². The number of aromatic nitrogens is 2. The van der Waals surface area contributed by atoms with Crippen LogP contribution in [0.2, 0.25) is 0 Å². The van der Waals surface area contributed by atoms with E-state index in [-0.39, 0.29) is 5.41 Å². The summed E-state index contributed by atoms with van der Waals surface area (Å²) in [4.78, 5) is 11.7. The van der Waals surface area contributed by atoms with E-state index in [2.05, 4.69) is 157 Å². The minimum absolute atomic E-state index is 0.188. The Kier molecular flexibility index (Phi) is 8.43. The molecule has 1 aliphatic heterocycles. The third-order valence-corrected chi connectivity index (χ3v) is 11.7. The van der Waals surface area contributed by atoms with Crippen molar-refractivity contribution in [2.24, 2.45) is 4.99 Å². The summed E-state index contributed by atoms with van der Waals surface area (Å²) in [5.74, 6) is 0. The first kappa shape index (κ1) is 35.0. The molecule has 272 valence electrons. The number of pyridine rings is 1. The maximum atomic E-state index is 4.92. The molecule has 4 heteroatoms. The van der Waals surface area contributed by atoms with Gasteiger partial charge in [0.15, 0.2) is 0 Å². The topological polar surface area (TPSA) is 33.4 Å². The maximum Gasteiger partial charge on any atom is 0.0859 e. The fourth-order valence-electron chi connectivity index (χ4n) is 9.14. The Morgan fingerprint density at radius 3 is 2.32 bits per heavy atom. The lowest BCUT2D eigenvalue weighted by Crippen LogP contribution is -2.22. The highest BCUT2D eigenvalue weighted by molar-refractivity contribution is 6.11. The number of anilines is 2. The summed E-state index contributed by atoms with van der Waals surface area (Å²) in [6, 6.07) is 46.1. The second kappa shape index (κ2) is 13.5. The van der Waals surface area contributed by atoms with Gasteiger partial charge in [-0.3, -0.25) is 9.98 Å². The van der Waals surface area contributed by atoms with Crippen LogP contribution in [-0.2, 0) is 12.0 Å². The first-order valence-electron chi connectivity index (χ1n) is 19.4. The van der Waals surface area contributed by atoms with Crippen LogP contribution in [0, 0.1) is 0 Å². The van der Waals surface area contributed by atoms with Gasteiger partial charge in [-0.05, 0) is 106 Å². The number of rotatable bonds is 6. The van der Waals surface area contributed by atoms with Crippen molar-refractivity contribution < 1.29 is 0 Å². The lowest BCUT2D eigenvalue weighted by molar-refractivity contribution is 0.655. The molecule has 0 amide bonds. The lowest BCUT2D eigenvalue weighted by Gasteiger charge is -2.34. The molecule has 2 aliphatic rings. The zero-order valence-corrected chi connectivity index (χ0v) is 32.5. The summed E-state index contributed by atoms with van der Waals surface area (Å²) in [6.07, 6.45) is 5.89. The summed E-state index contributed by atoms with van der Waals surface area (Å²) in [5, 5.41) is 3.59. The van der Waals surface area contributed by atoms with Crippen molar-refractivity contribution in [2.45, 2.75) is 39.7 Å². The van der Waals surface area contributed by atoms with Crippen LogP contribution in [0.25, 0.3) is 66.2 Å². The Balaban J connectivity index is 0.00000202. The SMILES string of the molecule is C=CC1=C(C=C)C(C)(C)c2cc3c(cc21)c1ccccc1n3-c1cccc(-c2ccc3c(c2)-c2c(ccc4cccnc24)CN3c2ccccc2N=C)c1.CC. The van der Waals surface area contributed by atoms with Crippen molar-refractivity contribution in [3.8, 4) is 27.9 Å². The van der Waals surface area contributed by atoms with Gasteiger partial charge in [0.1, 0.15) is 0 Å². The molecule has 6 aromatic carbocycles. The van der Waals surface area contributed by atoms with E-state index in [0.29, 0.717) is 6.54 Å². The van der Waals surface area contributed by atoms with E-state index >= 15 is 0 Å². The number of nitrogens with zero attached hydrogens (tertiary/aromatic N) is 4. The van der Waals surface area contributed by atoms with Crippen molar-refractivity contribution in [1.29, 1.82) is 0 Å². The second-order valence-electron chi connectivity index (χ2n) is 14.8. The maximum absolute atomic E-state index is 4.92. The van der Waals surface area contributed by atoms with Crippen molar-refractivity contribution in [2.75, 3.05) is 4.90 Å². The summed E-state index contributed by atoms with van der Waals surface area (Å²) in [7, 11) is 0. The Hall–Kier alpha value is -6.78. The predicted molar refractivity (Wildman–Crippen MR) is 240 cm³/mol. The van der Waals surface area contributed by atoms with E-state index in [4.69, 9.17) is 4.98 Å². The molecule has 0 radical (unpaired) electrons. The molecule has 3 heterocycles. The Morgan fingerprint density at radius 1 is 0.696 bits per heavy atom. The molecule has 10 rings (SSSR count). The molecule has 56 heavy (non-hydrogen) atoms. The molecule has 0 spiro atoms. The van der Waals surface area contributed by atoms with Crippen LogP contribution in [0.1, 0.15) is 44.4 Å². The van der Waals surface area contributed by atoms with E-state index < -0.39 is 0 Å². The van der Waals surface area contributed by atoms with E-state index in [1.54, 1.807) is 0 Å². The quantitative estimate of drug-likeness (QED) is 0.160. The first-order chi connectivity index (χ1) is 27.4. The smallest absolute Gasteiger partial charge is 0.0859 e. The molecule has 4 nitrogen and oxygen atoms in total. The molecule has 0 atom stereocenters. The van der Waals surface area contributed by atoms with Gasteiger partial charge in [-0.15, -0.1) is 0 Å². The van der Waals surface area contributed by atoms with Gasteiger partial charge in [-0.2, -0.15) is 0 Å². The monoisotopic (exact) mass is 724 g/mol. The molecular weight excluding hydrogens is 681 g/mol. The highest BCUT2D eigenvalue weighted by atomic mass is 15.2. The number of hydrogen-bond acceptors (Lipinski definition) is 3. The molecule has 0 bridgehead atoms. The van der Waals surface area contributed by atoms with Gasteiger partial charge >= 0.3 is 0 Å². The lowest BCUT2D eigenvalue weighted by atomic mass is 9.81. The standard InChI is InChI=1S/C50H38N4.C2H6/c1-6-36-38-28-39-37-17-8-10-19-45(37)54(47(39)29-42(38)50(3,4)41(36)7-2)35-16-12-14-32(26-35)33-23-24-44-40(27-33)48-34(22-21-31-15-13-25-52-49(31)48)30-53(44)46-20-11-9-18-43(46)51-5;1-2/h6-29H,1-2,5,30H2,3-4H3;1-2H3. The van der Waals surface area contributed by atoms with Crippen LogP contribution in [0.15, 0.2) is 169 Å². The number of allylic oxidation sites excluding steroid dienone is 4. The van der Waals surface area contributed by atoms with E-state index in [1.807, 2.05) is 50.4 Å². The Bertz CT molecular complexity index is 2950. The summed E-state index contributed by atoms with van der Waals surface area (Å²) in [5.41, 5.74) is 18.1. The van der Waals surface area contributed by atoms with E-state index in [0.717, 1.165) is 50.3 Å². The van der Waals surface area contributed by atoms with E-state index in [9.17, 15) is 0 Å². The fraction of sp³-hybridized carbons (Fsp3) is 0.115. The van der Waals surface area contributed by atoms with Crippen LogP contribution in [0.4, 0.5) is 17.1 Å². The number of aliphatic imine (C=N–C) groups is 1. The minimum Gasteiger partial charge on any atom is -0.335 e. The predicted octanol–water partition coefficient (Wildman–Crippen LogP) is 14.1. The molecule has 0 fully saturated rings. The number of benzene rings is 6. The molecule has 0 unspecified atom stereocenters. The molecule has 8 aromatic rings. The third-order valence-electron chi connectivity index (χ3n) is 11.7. The zero-order valence-electron chi connectivity index (χ0n) is 32.5. The number of hydrogen-bond donors (Lipinski definition) is 0. The molecule has 1 aliphatic carbocycles. The van der Waals surface area contributed by atoms with Gasteiger partial charge in [0, 0.05) is 56.8 Å². The first-order valence-corrected chi connectivity index (χ1v) is 19.4. The highest BCUT2D eigenvalue weighted by Crippen LogP contribution is 2.51. The zero-order chi connectivity index (χ0) is 38.7. The molecule has 0 saturated carbocycles. The molecular formula is C52H44N4. The molecule has 0 saturated heterocycles. The van der Waals surface area contributed by atoms with Gasteiger partial charge in [-0.25, -0.2) is 0 Å². The van der Waals surface area contributed by atoms with Crippen LogP contribution in [0.5, 0.6) is 0 Å². The summed E-state index contributed by atoms with van der Waals surface area (Å²) < 4.78 is 2.43. The van der Waals surface area contributed by atoms with E-state index in [1.165, 1.54) is 55.2 Å². The normalized spacial score (nSPS) is 13.9. The second-order valence-corrected chi connectivity index (χ2v) is 14.8. The van der Waals surface area contributed by atoms with Crippen molar-refractivity contribution in [1.82, 2.24) is 9.55 Å². The minimum atomic E-state index is -0.188. The fourth-order valence-corrected chi connectivity index (χ4v) is 9.14. The van der Waals surface area contributed by atoms with Crippen LogP contribution >= 0.6 is 0 Å². The van der Waals surface area contributed by atoms with Gasteiger partial charge < -0.3 is 9.47 Å². The van der Waals surface area contributed by atoms with Gasteiger partial charge in [-0.1, -0.05) is 120 Å². The van der Waals surface area contributed by atoms with Gasteiger partial charge in [0.2, 0.25) is 0 Å². The van der Waals surface area contributed by atoms with Gasteiger partial charge in [0.25, 0.3) is 0 Å². The Labute approximate surface area is 329 Å². The van der Waals surface area contributed by atoms with Gasteiger partial charge in [0.05, 0.1) is 27.9 Å².